The minimum Gasteiger partial charge on any atom is -0.352 e. The molecular formula is C22H26BrClN8O. The summed E-state index contributed by atoms with van der Waals surface area (Å²) in [6.07, 6.45) is 1.53. The van der Waals surface area contributed by atoms with Crippen molar-refractivity contribution in [1.29, 1.82) is 0 Å². The first kappa shape index (κ1) is 22.5. The van der Waals surface area contributed by atoms with E-state index in [0.717, 1.165) is 47.5 Å². The van der Waals surface area contributed by atoms with E-state index in [0.29, 0.717) is 36.8 Å². The van der Waals surface area contributed by atoms with E-state index in [9.17, 15) is 4.79 Å². The second-order valence-electron chi connectivity index (χ2n) is 8.54. The van der Waals surface area contributed by atoms with Gasteiger partial charge >= 0.3 is 0 Å². The Labute approximate surface area is 205 Å². The number of halogens is 2. The van der Waals surface area contributed by atoms with Gasteiger partial charge in [-0.05, 0) is 40.7 Å². The number of rotatable bonds is 4. The highest BCUT2D eigenvalue weighted by Crippen LogP contribution is 2.30. The van der Waals surface area contributed by atoms with E-state index in [1.54, 1.807) is 0 Å². The molecule has 9 nitrogen and oxygen atoms in total. The zero-order valence-corrected chi connectivity index (χ0v) is 20.8. The zero-order chi connectivity index (χ0) is 22.9. The van der Waals surface area contributed by atoms with Crippen LogP contribution in [0.1, 0.15) is 11.6 Å². The summed E-state index contributed by atoms with van der Waals surface area (Å²) in [6.45, 7) is 6.25. The highest BCUT2D eigenvalue weighted by atomic mass is 79.9. The molecule has 4 heterocycles. The third kappa shape index (κ3) is 4.57. The summed E-state index contributed by atoms with van der Waals surface area (Å²) in [5.41, 5.74) is 1.58. The lowest BCUT2D eigenvalue weighted by molar-refractivity contribution is -0.138. The van der Waals surface area contributed by atoms with Gasteiger partial charge in [-0.1, -0.05) is 23.7 Å². The summed E-state index contributed by atoms with van der Waals surface area (Å²) in [4.78, 5) is 31.3. The second-order valence-corrected chi connectivity index (χ2v) is 9.77. The number of nitrogens with zero attached hydrogens (tertiary/aromatic N) is 7. The Bertz CT molecular complexity index is 1140. The Hall–Kier alpha value is -2.27. The lowest BCUT2D eigenvalue weighted by Gasteiger charge is -2.42. The van der Waals surface area contributed by atoms with Crippen LogP contribution in [-0.2, 0) is 4.79 Å². The van der Waals surface area contributed by atoms with Gasteiger partial charge in [-0.2, -0.15) is 5.10 Å². The largest absolute Gasteiger partial charge is 0.352 e. The first-order valence-corrected chi connectivity index (χ1v) is 12.2. The molecule has 0 saturated carbocycles. The van der Waals surface area contributed by atoms with Gasteiger partial charge in [-0.3, -0.25) is 14.8 Å². The number of anilines is 1. The first-order valence-electron chi connectivity index (χ1n) is 11.1. The average molecular weight is 534 g/mol. The Morgan fingerprint density at radius 1 is 1.09 bits per heavy atom. The van der Waals surface area contributed by atoms with Crippen LogP contribution in [0.4, 0.5) is 5.82 Å². The van der Waals surface area contributed by atoms with Crippen molar-refractivity contribution in [3.05, 3.63) is 45.8 Å². The summed E-state index contributed by atoms with van der Waals surface area (Å²) in [5, 5.41) is 8.64. The predicted molar refractivity (Wildman–Crippen MR) is 131 cm³/mol. The molecule has 2 aliphatic rings. The van der Waals surface area contributed by atoms with Gasteiger partial charge in [0.25, 0.3) is 0 Å². The number of carbonyl (C=O) groups excluding carboxylic acids is 1. The smallest absolute Gasteiger partial charge is 0.244 e. The van der Waals surface area contributed by atoms with Gasteiger partial charge in [-0.25, -0.2) is 9.97 Å². The Morgan fingerprint density at radius 2 is 1.85 bits per heavy atom. The molecule has 174 valence electrons. The fourth-order valence-electron chi connectivity index (χ4n) is 4.62. The van der Waals surface area contributed by atoms with Gasteiger partial charge in [0, 0.05) is 57.4 Å². The van der Waals surface area contributed by atoms with Crippen molar-refractivity contribution >= 4 is 50.3 Å². The molecule has 0 bridgehead atoms. The Balaban J connectivity index is 1.34. The Morgan fingerprint density at radius 3 is 2.58 bits per heavy atom. The van der Waals surface area contributed by atoms with Gasteiger partial charge in [0.05, 0.1) is 5.39 Å². The maximum atomic E-state index is 13.8. The van der Waals surface area contributed by atoms with E-state index in [2.05, 4.69) is 57.8 Å². The van der Waals surface area contributed by atoms with E-state index in [4.69, 9.17) is 11.6 Å². The second kappa shape index (κ2) is 9.54. The molecule has 0 radical (unpaired) electrons. The normalized spacial score (nSPS) is 19.2. The molecule has 1 unspecified atom stereocenters. The van der Waals surface area contributed by atoms with Gasteiger partial charge in [0.2, 0.25) is 5.91 Å². The van der Waals surface area contributed by atoms with Crippen LogP contribution >= 0.6 is 27.5 Å². The van der Waals surface area contributed by atoms with Crippen molar-refractivity contribution in [1.82, 2.24) is 34.9 Å². The number of piperazine rings is 2. The van der Waals surface area contributed by atoms with E-state index in [-0.39, 0.29) is 11.9 Å². The van der Waals surface area contributed by atoms with Gasteiger partial charge < -0.3 is 14.7 Å². The molecule has 0 spiro atoms. The fraction of sp³-hybridized carbons (Fsp3) is 0.455. The number of fused-ring (bicyclic) bond motifs is 1. The van der Waals surface area contributed by atoms with Crippen molar-refractivity contribution in [3.8, 4) is 0 Å². The quantitative estimate of drug-likeness (QED) is 0.551. The maximum absolute atomic E-state index is 13.8. The lowest BCUT2D eigenvalue weighted by Crippen LogP contribution is -2.54. The molecule has 5 rings (SSSR count). The average Bonchev–Trinajstić information content (AvgIpc) is 3.22. The van der Waals surface area contributed by atoms with E-state index in [1.165, 1.54) is 6.33 Å². The summed E-state index contributed by atoms with van der Waals surface area (Å²) in [7, 11) is 2.12. The van der Waals surface area contributed by atoms with E-state index < -0.39 is 0 Å². The van der Waals surface area contributed by atoms with Gasteiger partial charge in [-0.15, -0.1) is 0 Å². The molecule has 1 amide bonds. The summed E-state index contributed by atoms with van der Waals surface area (Å²) < 4.78 is 0.766. The molecule has 2 fully saturated rings. The van der Waals surface area contributed by atoms with E-state index in [1.807, 2.05) is 29.2 Å². The number of nitrogens with one attached hydrogen (secondary N) is 1. The first-order chi connectivity index (χ1) is 16.0. The fourth-order valence-corrected chi connectivity index (χ4v) is 5.27. The van der Waals surface area contributed by atoms with Crippen LogP contribution in [-0.4, -0.2) is 100 Å². The topological polar surface area (TPSA) is 84.5 Å². The molecular weight excluding hydrogens is 508 g/mol. The number of aromatic nitrogens is 4. The standard InChI is InChI=1S/C22H26BrClN8O/c1-29-5-7-30(8-6-29)18(15-3-2-4-16(24)13-15)22(33)32-11-9-31(10-12-32)21-17-19(23)27-28-20(17)25-14-26-21/h2-4,13-14,18H,5-12H2,1H3,(H,25,26,27,28). The zero-order valence-electron chi connectivity index (χ0n) is 18.4. The van der Waals surface area contributed by atoms with Crippen LogP contribution in [0.25, 0.3) is 11.0 Å². The molecule has 2 saturated heterocycles. The molecule has 1 N–H and O–H groups in total. The van der Waals surface area contributed by atoms with Crippen LogP contribution < -0.4 is 4.90 Å². The third-order valence-corrected chi connectivity index (χ3v) is 7.29. The number of benzene rings is 1. The monoisotopic (exact) mass is 532 g/mol. The number of hydrogen-bond acceptors (Lipinski definition) is 7. The van der Waals surface area contributed by atoms with Crippen LogP contribution in [0.15, 0.2) is 35.2 Å². The maximum Gasteiger partial charge on any atom is 0.244 e. The van der Waals surface area contributed by atoms with Crippen molar-refractivity contribution in [3.63, 3.8) is 0 Å². The SMILES string of the molecule is CN1CCN(C(C(=O)N2CCN(c3ncnc4n[nH]c(Br)c34)CC2)c2cccc(Cl)c2)CC1. The summed E-state index contributed by atoms with van der Waals surface area (Å²) >= 11 is 9.81. The predicted octanol–water partition coefficient (Wildman–Crippen LogP) is 2.41. The van der Waals surface area contributed by atoms with Crippen molar-refractivity contribution < 1.29 is 4.79 Å². The lowest BCUT2D eigenvalue weighted by atomic mass is 10.0. The number of hydrogen-bond donors (Lipinski definition) is 1. The summed E-state index contributed by atoms with van der Waals surface area (Å²) in [6, 6.07) is 7.39. The van der Waals surface area contributed by atoms with Crippen molar-refractivity contribution in [2.24, 2.45) is 0 Å². The van der Waals surface area contributed by atoms with Crippen LogP contribution in [0, 0.1) is 0 Å². The van der Waals surface area contributed by atoms with Gasteiger partial charge in [0.15, 0.2) is 5.65 Å². The molecule has 11 heteroatoms. The molecule has 1 atom stereocenters. The highest BCUT2D eigenvalue weighted by molar-refractivity contribution is 9.10. The number of amides is 1. The van der Waals surface area contributed by atoms with Crippen LogP contribution in [0.5, 0.6) is 0 Å². The highest BCUT2D eigenvalue weighted by Gasteiger charge is 2.34. The number of likely N-dealkylation sites (N-methyl/N-ethyl adjacent to an activating group) is 1. The Kier molecular flexibility index (Phi) is 6.51. The molecule has 1 aromatic carbocycles. The minimum atomic E-state index is -0.322. The number of H-pyrrole nitrogens is 1. The molecule has 2 aliphatic heterocycles. The van der Waals surface area contributed by atoms with Crippen LogP contribution in [0.2, 0.25) is 5.02 Å². The van der Waals surface area contributed by atoms with Crippen LogP contribution in [0.3, 0.4) is 0 Å². The number of aromatic amines is 1. The number of carbonyl (C=O) groups is 1. The molecule has 0 aliphatic carbocycles. The van der Waals surface area contributed by atoms with Gasteiger partial charge in [0.1, 0.15) is 22.8 Å². The third-order valence-electron chi connectivity index (χ3n) is 6.48. The molecule has 2 aromatic heterocycles. The molecule has 33 heavy (non-hydrogen) atoms. The minimum absolute atomic E-state index is 0.138. The van der Waals surface area contributed by atoms with Crippen molar-refractivity contribution in [2.45, 2.75) is 6.04 Å². The summed E-state index contributed by atoms with van der Waals surface area (Å²) in [5.74, 6) is 0.969. The van der Waals surface area contributed by atoms with E-state index >= 15 is 0 Å². The van der Waals surface area contributed by atoms with Crippen molar-refractivity contribution in [2.75, 3.05) is 64.3 Å². The molecule has 3 aromatic rings.